The van der Waals surface area contributed by atoms with E-state index < -0.39 is 6.17 Å². The zero-order valence-electron chi connectivity index (χ0n) is 13.7. The van der Waals surface area contributed by atoms with Crippen LogP contribution in [0.25, 0.3) is 10.9 Å². The third-order valence-electron chi connectivity index (χ3n) is 4.06. The van der Waals surface area contributed by atoms with Crippen LogP contribution >= 0.6 is 0 Å². The Hall–Kier alpha value is -2.43. The summed E-state index contributed by atoms with van der Waals surface area (Å²) >= 11 is 0. The van der Waals surface area contributed by atoms with Gasteiger partial charge < -0.3 is 9.88 Å². The molecule has 0 saturated heterocycles. The molecule has 4 nitrogen and oxygen atoms in total. The Morgan fingerprint density at radius 3 is 2.70 bits per heavy atom. The molecule has 1 unspecified atom stereocenters. The topological polar surface area (TPSA) is 42.7 Å². The molecule has 0 fully saturated rings. The van der Waals surface area contributed by atoms with Crippen LogP contribution in [-0.2, 0) is 6.54 Å². The van der Waals surface area contributed by atoms with Crippen molar-refractivity contribution in [2.75, 3.05) is 5.32 Å². The van der Waals surface area contributed by atoms with Crippen LogP contribution in [0, 0.1) is 13.8 Å². The third kappa shape index (κ3) is 3.18. The SMILES string of the molecule is Cc1ccnc(C)c1Nc1nccc2c1ccn2CCC(C)F. The van der Waals surface area contributed by atoms with E-state index in [9.17, 15) is 4.39 Å². The maximum absolute atomic E-state index is 13.1. The molecule has 0 aliphatic carbocycles. The second kappa shape index (κ2) is 6.36. The van der Waals surface area contributed by atoms with Crippen molar-refractivity contribution in [1.29, 1.82) is 0 Å². The van der Waals surface area contributed by atoms with E-state index in [-0.39, 0.29) is 0 Å². The van der Waals surface area contributed by atoms with Crippen molar-refractivity contribution < 1.29 is 4.39 Å². The summed E-state index contributed by atoms with van der Waals surface area (Å²) in [6.45, 7) is 6.28. The minimum Gasteiger partial charge on any atom is -0.347 e. The van der Waals surface area contributed by atoms with Crippen molar-refractivity contribution in [3.63, 3.8) is 0 Å². The van der Waals surface area contributed by atoms with Gasteiger partial charge in [0.05, 0.1) is 23.1 Å². The first-order valence-corrected chi connectivity index (χ1v) is 7.83. The van der Waals surface area contributed by atoms with Crippen LogP contribution in [0.3, 0.4) is 0 Å². The Morgan fingerprint density at radius 1 is 1.17 bits per heavy atom. The van der Waals surface area contributed by atoms with Crippen molar-refractivity contribution in [1.82, 2.24) is 14.5 Å². The van der Waals surface area contributed by atoms with Gasteiger partial charge in [0.25, 0.3) is 0 Å². The Morgan fingerprint density at radius 2 is 1.96 bits per heavy atom. The van der Waals surface area contributed by atoms with Crippen LogP contribution in [0.15, 0.2) is 36.8 Å². The highest BCUT2D eigenvalue weighted by Gasteiger charge is 2.10. The molecule has 3 aromatic rings. The predicted molar refractivity (Wildman–Crippen MR) is 91.9 cm³/mol. The van der Waals surface area contributed by atoms with Crippen molar-refractivity contribution >= 4 is 22.4 Å². The van der Waals surface area contributed by atoms with Crippen LogP contribution in [0.2, 0.25) is 0 Å². The summed E-state index contributed by atoms with van der Waals surface area (Å²) in [5, 5.41) is 4.43. The van der Waals surface area contributed by atoms with Gasteiger partial charge in [0.15, 0.2) is 0 Å². The molecule has 23 heavy (non-hydrogen) atoms. The van der Waals surface area contributed by atoms with Gasteiger partial charge in [0.1, 0.15) is 5.82 Å². The fourth-order valence-corrected chi connectivity index (χ4v) is 2.74. The molecule has 0 saturated carbocycles. The Kier molecular flexibility index (Phi) is 4.28. The van der Waals surface area contributed by atoms with E-state index in [1.807, 2.05) is 38.2 Å². The van der Waals surface area contributed by atoms with Gasteiger partial charge in [-0.15, -0.1) is 0 Å². The molecule has 0 amide bonds. The first-order chi connectivity index (χ1) is 11.1. The number of rotatable bonds is 5. The second-order valence-corrected chi connectivity index (χ2v) is 5.88. The van der Waals surface area contributed by atoms with E-state index in [0.29, 0.717) is 13.0 Å². The maximum atomic E-state index is 13.1. The number of nitrogens with zero attached hydrogens (tertiary/aromatic N) is 3. The zero-order valence-corrected chi connectivity index (χ0v) is 13.7. The number of fused-ring (bicyclic) bond motifs is 1. The number of halogens is 1. The highest BCUT2D eigenvalue weighted by atomic mass is 19.1. The summed E-state index contributed by atoms with van der Waals surface area (Å²) in [7, 11) is 0. The van der Waals surface area contributed by atoms with Crippen LogP contribution in [0.5, 0.6) is 0 Å². The molecule has 120 valence electrons. The largest absolute Gasteiger partial charge is 0.347 e. The number of pyridine rings is 2. The molecule has 0 radical (unpaired) electrons. The van der Waals surface area contributed by atoms with E-state index in [0.717, 1.165) is 33.7 Å². The van der Waals surface area contributed by atoms with E-state index in [1.54, 1.807) is 19.3 Å². The average Bonchev–Trinajstić information content (AvgIpc) is 2.93. The summed E-state index contributed by atoms with van der Waals surface area (Å²) < 4.78 is 15.2. The first-order valence-electron chi connectivity index (χ1n) is 7.83. The van der Waals surface area contributed by atoms with Crippen molar-refractivity contribution in [2.24, 2.45) is 0 Å². The number of hydrogen-bond acceptors (Lipinski definition) is 3. The first kappa shape index (κ1) is 15.5. The molecule has 0 aliphatic rings. The number of hydrogen-bond donors (Lipinski definition) is 1. The maximum Gasteiger partial charge on any atom is 0.139 e. The van der Waals surface area contributed by atoms with Crippen LogP contribution in [0.4, 0.5) is 15.9 Å². The minimum atomic E-state index is -0.799. The smallest absolute Gasteiger partial charge is 0.139 e. The van der Waals surface area contributed by atoms with E-state index in [2.05, 4.69) is 19.9 Å². The van der Waals surface area contributed by atoms with Crippen LogP contribution < -0.4 is 5.32 Å². The van der Waals surface area contributed by atoms with E-state index in [1.165, 1.54) is 0 Å². The van der Waals surface area contributed by atoms with Gasteiger partial charge >= 0.3 is 0 Å². The summed E-state index contributed by atoms with van der Waals surface area (Å²) in [4.78, 5) is 8.80. The lowest BCUT2D eigenvalue weighted by atomic mass is 10.2. The van der Waals surface area contributed by atoms with Crippen molar-refractivity contribution in [2.45, 2.75) is 39.9 Å². The lowest BCUT2D eigenvalue weighted by molar-refractivity contribution is 0.327. The molecule has 3 aromatic heterocycles. The number of nitrogens with one attached hydrogen (secondary N) is 1. The monoisotopic (exact) mass is 312 g/mol. The number of anilines is 2. The Balaban J connectivity index is 1.96. The highest BCUT2D eigenvalue weighted by molar-refractivity contribution is 5.92. The Bertz CT molecular complexity index is 803. The van der Waals surface area contributed by atoms with Gasteiger partial charge in [0, 0.05) is 30.5 Å². The summed E-state index contributed by atoms with van der Waals surface area (Å²) in [5.74, 6) is 0.800. The zero-order chi connectivity index (χ0) is 16.4. The second-order valence-electron chi connectivity index (χ2n) is 5.88. The predicted octanol–water partition coefficient (Wildman–Crippen LogP) is 4.54. The van der Waals surface area contributed by atoms with E-state index >= 15 is 0 Å². The fraction of sp³-hybridized carbons (Fsp3) is 0.333. The molecule has 0 aromatic carbocycles. The molecule has 3 heterocycles. The highest BCUT2D eigenvalue weighted by Crippen LogP contribution is 2.28. The van der Waals surface area contributed by atoms with Gasteiger partial charge in [-0.25, -0.2) is 9.37 Å². The minimum absolute atomic E-state index is 0.510. The van der Waals surface area contributed by atoms with Crippen LogP contribution in [-0.4, -0.2) is 20.7 Å². The molecular weight excluding hydrogens is 291 g/mol. The number of alkyl halides is 1. The summed E-state index contributed by atoms with van der Waals surface area (Å²) in [6.07, 6.45) is 5.28. The van der Waals surface area contributed by atoms with Gasteiger partial charge in [-0.2, -0.15) is 0 Å². The molecule has 1 N–H and O–H groups in total. The lowest BCUT2D eigenvalue weighted by Gasteiger charge is -2.12. The quantitative estimate of drug-likeness (QED) is 0.752. The normalized spacial score (nSPS) is 12.5. The molecule has 0 aliphatic heterocycles. The van der Waals surface area contributed by atoms with Crippen molar-refractivity contribution in [3.8, 4) is 0 Å². The average molecular weight is 312 g/mol. The molecule has 3 rings (SSSR count). The summed E-state index contributed by atoms with van der Waals surface area (Å²) in [6, 6.07) is 5.96. The van der Waals surface area contributed by atoms with Crippen LogP contribution in [0.1, 0.15) is 24.6 Å². The van der Waals surface area contributed by atoms with Gasteiger partial charge in [-0.1, -0.05) is 0 Å². The number of aryl methyl sites for hydroxylation is 3. The van der Waals surface area contributed by atoms with E-state index in [4.69, 9.17) is 0 Å². The molecule has 5 heteroatoms. The van der Waals surface area contributed by atoms with Gasteiger partial charge in [-0.05, 0) is 51.0 Å². The van der Waals surface area contributed by atoms with Crippen molar-refractivity contribution in [3.05, 3.63) is 48.0 Å². The van der Waals surface area contributed by atoms with Gasteiger partial charge in [-0.3, -0.25) is 4.98 Å². The fourth-order valence-electron chi connectivity index (χ4n) is 2.74. The van der Waals surface area contributed by atoms with Gasteiger partial charge in [0.2, 0.25) is 0 Å². The summed E-state index contributed by atoms with van der Waals surface area (Å²) in [5.41, 5.74) is 4.11. The lowest BCUT2D eigenvalue weighted by Crippen LogP contribution is -2.03. The third-order valence-corrected chi connectivity index (χ3v) is 4.06. The molecule has 1 atom stereocenters. The molecule has 0 spiro atoms. The molecule has 0 bridgehead atoms. The standard InChI is InChI=1S/C18H21FN4/c1-12-4-8-20-14(3)17(12)22-18-15-7-11-23(10-6-13(2)19)16(15)5-9-21-18/h4-5,7-9,11,13H,6,10H2,1-3H3,(H,21,22). The Labute approximate surface area is 135 Å². The molecular formula is C18H21FN4. The number of aromatic nitrogens is 3.